The second kappa shape index (κ2) is 13.0. The van der Waals surface area contributed by atoms with Crippen molar-refractivity contribution >= 4 is 40.8 Å². The number of esters is 1. The Labute approximate surface area is 213 Å². The maximum absolute atomic E-state index is 12.2. The van der Waals surface area contributed by atoms with E-state index in [0.717, 1.165) is 0 Å². The van der Waals surface area contributed by atoms with Crippen LogP contribution in [-0.2, 0) is 19.1 Å². The third-order valence-electron chi connectivity index (χ3n) is 4.79. The van der Waals surface area contributed by atoms with Gasteiger partial charge in [-0.25, -0.2) is 0 Å². The van der Waals surface area contributed by atoms with Crippen LogP contribution >= 0.6 is 11.6 Å². The van der Waals surface area contributed by atoms with Gasteiger partial charge in [0, 0.05) is 23.2 Å². The smallest absolute Gasteiger partial charge is 0.306 e. The molecule has 9 nitrogen and oxygen atoms in total. The van der Waals surface area contributed by atoms with E-state index in [1.54, 1.807) is 66.7 Å². The van der Waals surface area contributed by atoms with E-state index in [-0.39, 0.29) is 18.7 Å². The number of rotatable bonds is 11. The van der Waals surface area contributed by atoms with Crippen molar-refractivity contribution in [1.82, 2.24) is 0 Å². The fraction of sp³-hybridized carbons (Fsp3) is 0.192. The number of benzene rings is 3. The second-order valence-corrected chi connectivity index (χ2v) is 7.84. The lowest BCUT2D eigenvalue weighted by molar-refractivity contribution is -0.147. The Kier molecular flexibility index (Phi) is 9.53. The Bertz CT molecular complexity index is 1200. The van der Waals surface area contributed by atoms with Gasteiger partial charge in [0.25, 0.3) is 5.91 Å². The second-order valence-electron chi connectivity index (χ2n) is 7.40. The van der Waals surface area contributed by atoms with Crippen LogP contribution in [0.1, 0.15) is 12.8 Å². The van der Waals surface area contributed by atoms with E-state index in [2.05, 4.69) is 10.6 Å². The van der Waals surface area contributed by atoms with Crippen molar-refractivity contribution in [3.8, 4) is 23.0 Å². The molecular weight excluding hydrogens is 488 g/mol. The molecule has 0 aliphatic carbocycles. The maximum atomic E-state index is 12.2. The number of hydrogen-bond donors (Lipinski definition) is 2. The van der Waals surface area contributed by atoms with Crippen LogP contribution in [0.25, 0.3) is 0 Å². The molecular formula is C26H25ClN2O7. The highest BCUT2D eigenvalue weighted by molar-refractivity contribution is 6.30. The first-order valence-corrected chi connectivity index (χ1v) is 11.2. The van der Waals surface area contributed by atoms with Gasteiger partial charge in [-0.3, -0.25) is 14.4 Å². The summed E-state index contributed by atoms with van der Waals surface area (Å²) in [6, 6.07) is 18.6. The zero-order valence-corrected chi connectivity index (χ0v) is 20.5. The topological polar surface area (TPSA) is 112 Å². The molecule has 3 aromatic carbocycles. The van der Waals surface area contributed by atoms with Crippen molar-refractivity contribution in [1.29, 1.82) is 0 Å². The molecule has 0 heterocycles. The third-order valence-corrected chi connectivity index (χ3v) is 5.04. The molecule has 0 spiro atoms. The highest BCUT2D eigenvalue weighted by Crippen LogP contribution is 2.29. The summed E-state index contributed by atoms with van der Waals surface area (Å²) in [5.41, 5.74) is 0.922. The molecule has 2 amide bonds. The Hall–Kier alpha value is -4.24. The molecule has 0 unspecified atom stereocenters. The Morgan fingerprint density at radius 3 is 2.03 bits per heavy atom. The van der Waals surface area contributed by atoms with Gasteiger partial charge in [-0.05, 0) is 60.7 Å². The maximum Gasteiger partial charge on any atom is 0.306 e. The molecule has 0 bridgehead atoms. The zero-order valence-electron chi connectivity index (χ0n) is 19.7. The van der Waals surface area contributed by atoms with Crippen LogP contribution in [0.4, 0.5) is 11.4 Å². The molecule has 188 valence electrons. The Morgan fingerprint density at radius 1 is 0.750 bits per heavy atom. The van der Waals surface area contributed by atoms with Crippen LogP contribution in [0.15, 0.2) is 66.7 Å². The summed E-state index contributed by atoms with van der Waals surface area (Å²) in [5, 5.41) is 5.90. The summed E-state index contributed by atoms with van der Waals surface area (Å²) >= 11 is 5.86. The summed E-state index contributed by atoms with van der Waals surface area (Å²) in [6.07, 6.45) is -0.285. The SMILES string of the molecule is COc1ccc(OC)c(NC(=O)COC(=O)CCC(=O)Nc2ccc(Oc3ccc(Cl)cc3)cc2)c1. The van der Waals surface area contributed by atoms with Crippen molar-refractivity contribution in [2.45, 2.75) is 12.8 Å². The van der Waals surface area contributed by atoms with Crippen molar-refractivity contribution in [3.63, 3.8) is 0 Å². The molecule has 0 radical (unpaired) electrons. The normalized spacial score (nSPS) is 10.2. The monoisotopic (exact) mass is 512 g/mol. The number of carbonyl (C=O) groups is 3. The number of amides is 2. The first kappa shape index (κ1) is 26.4. The predicted octanol–water partition coefficient (Wildman–Crippen LogP) is 5.05. The predicted molar refractivity (Wildman–Crippen MR) is 135 cm³/mol. The van der Waals surface area contributed by atoms with E-state index in [0.29, 0.717) is 39.4 Å². The zero-order chi connectivity index (χ0) is 25.9. The average molecular weight is 513 g/mol. The van der Waals surface area contributed by atoms with Gasteiger partial charge in [0.05, 0.1) is 26.3 Å². The molecule has 0 aliphatic heterocycles. The molecule has 0 saturated carbocycles. The number of ether oxygens (including phenoxy) is 4. The van der Waals surface area contributed by atoms with Gasteiger partial charge in [0.15, 0.2) is 6.61 Å². The average Bonchev–Trinajstić information content (AvgIpc) is 2.88. The highest BCUT2D eigenvalue weighted by Gasteiger charge is 2.13. The summed E-state index contributed by atoms with van der Waals surface area (Å²) in [7, 11) is 2.96. The molecule has 36 heavy (non-hydrogen) atoms. The van der Waals surface area contributed by atoms with E-state index in [9.17, 15) is 14.4 Å². The number of hydrogen-bond acceptors (Lipinski definition) is 7. The lowest BCUT2D eigenvalue weighted by atomic mass is 10.2. The summed E-state index contributed by atoms with van der Waals surface area (Å²) in [6.45, 7) is -0.504. The van der Waals surface area contributed by atoms with Gasteiger partial charge in [-0.2, -0.15) is 0 Å². The standard InChI is InChI=1S/C26H25ClN2O7/c1-33-21-11-12-23(34-2)22(15-21)29-25(31)16-35-26(32)14-13-24(30)28-18-5-9-20(10-6-18)36-19-7-3-17(27)4-8-19/h3-12,15H,13-14,16H2,1-2H3,(H,28,30)(H,29,31). The number of methoxy groups -OCH3 is 2. The van der Waals surface area contributed by atoms with E-state index in [1.165, 1.54) is 14.2 Å². The van der Waals surface area contributed by atoms with Crippen LogP contribution in [0.2, 0.25) is 5.02 Å². The van der Waals surface area contributed by atoms with Crippen molar-refractivity contribution < 1.29 is 33.3 Å². The van der Waals surface area contributed by atoms with Crippen LogP contribution in [0.5, 0.6) is 23.0 Å². The van der Waals surface area contributed by atoms with Gasteiger partial charge in [0.1, 0.15) is 23.0 Å². The lowest BCUT2D eigenvalue weighted by Gasteiger charge is -2.12. The number of halogens is 1. The lowest BCUT2D eigenvalue weighted by Crippen LogP contribution is -2.22. The minimum absolute atomic E-state index is 0.104. The molecule has 0 atom stereocenters. The van der Waals surface area contributed by atoms with Gasteiger partial charge in [-0.1, -0.05) is 11.6 Å². The Balaban J connectivity index is 1.39. The molecule has 0 saturated heterocycles. The van der Waals surface area contributed by atoms with E-state index in [1.807, 2.05) is 0 Å². The third kappa shape index (κ3) is 8.21. The van der Waals surface area contributed by atoms with Gasteiger partial charge < -0.3 is 29.6 Å². The molecule has 3 aromatic rings. The fourth-order valence-electron chi connectivity index (χ4n) is 3.00. The summed E-state index contributed by atoms with van der Waals surface area (Å²) in [4.78, 5) is 36.3. The van der Waals surface area contributed by atoms with Crippen LogP contribution in [-0.4, -0.2) is 38.6 Å². The molecule has 0 aromatic heterocycles. The number of anilines is 2. The molecule has 0 aliphatic rings. The number of carbonyl (C=O) groups excluding carboxylic acids is 3. The van der Waals surface area contributed by atoms with Crippen LogP contribution in [0.3, 0.4) is 0 Å². The van der Waals surface area contributed by atoms with Gasteiger partial charge >= 0.3 is 5.97 Å². The Morgan fingerprint density at radius 2 is 1.39 bits per heavy atom. The minimum Gasteiger partial charge on any atom is -0.497 e. The molecule has 3 rings (SSSR count). The minimum atomic E-state index is -0.676. The quantitative estimate of drug-likeness (QED) is 0.346. The highest BCUT2D eigenvalue weighted by atomic mass is 35.5. The van der Waals surface area contributed by atoms with Crippen LogP contribution < -0.4 is 24.8 Å². The van der Waals surface area contributed by atoms with E-state index in [4.69, 9.17) is 30.5 Å². The van der Waals surface area contributed by atoms with Crippen molar-refractivity contribution in [3.05, 3.63) is 71.8 Å². The molecule has 2 N–H and O–H groups in total. The van der Waals surface area contributed by atoms with E-state index >= 15 is 0 Å². The van der Waals surface area contributed by atoms with Crippen molar-refractivity contribution in [2.75, 3.05) is 31.5 Å². The molecule has 10 heteroatoms. The first-order valence-electron chi connectivity index (χ1n) is 10.9. The summed E-state index contributed by atoms with van der Waals surface area (Å²) < 4.78 is 21.0. The van der Waals surface area contributed by atoms with Gasteiger partial charge in [-0.15, -0.1) is 0 Å². The number of nitrogens with one attached hydrogen (secondary N) is 2. The molecule has 0 fully saturated rings. The largest absolute Gasteiger partial charge is 0.497 e. The first-order chi connectivity index (χ1) is 17.4. The van der Waals surface area contributed by atoms with Gasteiger partial charge in [0.2, 0.25) is 5.91 Å². The summed E-state index contributed by atoms with van der Waals surface area (Å²) in [5.74, 6) is 0.568. The van der Waals surface area contributed by atoms with Crippen molar-refractivity contribution in [2.24, 2.45) is 0 Å². The fourth-order valence-corrected chi connectivity index (χ4v) is 3.13. The van der Waals surface area contributed by atoms with Crippen LogP contribution in [0, 0.1) is 0 Å². The van der Waals surface area contributed by atoms with E-state index < -0.39 is 18.5 Å².